The summed E-state index contributed by atoms with van der Waals surface area (Å²) in [6, 6.07) is 0. The minimum Gasteiger partial charge on any atom is -0.378 e. The minimum atomic E-state index is 0.479. The van der Waals surface area contributed by atoms with Gasteiger partial charge in [-0.2, -0.15) is 0 Å². The van der Waals surface area contributed by atoms with E-state index in [1.54, 1.807) is 0 Å². The van der Waals surface area contributed by atoms with Gasteiger partial charge in [-0.3, -0.25) is 0 Å². The van der Waals surface area contributed by atoms with Crippen LogP contribution in [0.25, 0.3) is 0 Å². The van der Waals surface area contributed by atoms with Crippen LogP contribution in [-0.4, -0.2) is 37.7 Å². The molecule has 0 N–H and O–H groups in total. The van der Waals surface area contributed by atoms with Crippen molar-refractivity contribution < 1.29 is 4.74 Å². The number of ether oxygens (including phenoxy) is 1. The van der Waals surface area contributed by atoms with Crippen molar-refractivity contribution in [2.24, 2.45) is 23.2 Å². The molecule has 2 fully saturated rings. The maximum Gasteiger partial charge on any atom is 0.0575 e. The summed E-state index contributed by atoms with van der Waals surface area (Å²) in [5, 5.41) is 0. The second-order valence-electron chi connectivity index (χ2n) is 8.79. The van der Waals surface area contributed by atoms with Crippen LogP contribution >= 0.6 is 0 Å². The maximum absolute atomic E-state index is 6.27. The number of hydrogen-bond donors (Lipinski definition) is 0. The Labute approximate surface area is 132 Å². The third-order valence-electron chi connectivity index (χ3n) is 6.06. The molecule has 0 aromatic rings. The first-order valence-corrected chi connectivity index (χ1v) is 9.16. The number of nitrogens with zero attached hydrogens (tertiary/aromatic N) is 1. The Morgan fingerprint density at radius 2 is 1.57 bits per heavy atom. The molecule has 2 heteroatoms. The Hall–Kier alpha value is -0.0800. The van der Waals surface area contributed by atoms with Crippen molar-refractivity contribution >= 4 is 0 Å². The average molecular weight is 296 g/mol. The molecule has 1 heterocycles. The van der Waals surface area contributed by atoms with Crippen molar-refractivity contribution in [2.75, 3.05) is 26.7 Å². The van der Waals surface area contributed by atoms with E-state index in [9.17, 15) is 0 Å². The summed E-state index contributed by atoms with van der Waals surface area (Å²) in [5.41, 5.74) is 0.479. The molecule has 2 aliphatic rings. The van der Waals surface area contributed by atoms with Crippen molar-refractivity contribution in [1.82, 2.24) is 4.90 Å². The summed E-state index contributed by atoms with van der Waals surface area (Å²) in [5.74, 6) is 2.51. The summed E-state index contributed by atoms with van der Waals surface area (Å²) in [6.45, 7) is 13.1. The second-order valence-corrected chi connectivity index (χ2v) is 8.79. The van der Waals surface area contributed by atoms with E-state index in [1.165, 1.54) is 51.6 Å². The molecule has 2 nitrogen and oxygen atoms in total. The van der Waals surface area contributed by atoms with Crippen LogP contribution in [0.2, 0.25) is 0 Å². The number of rotatable bonds is 4. The van der Waals surface area contributed by atoms with E-state index in [2.05, 4.69) is 39.6 Å². The number of likely N-dealkylation sites (tertiary alicyclic amines) is 1. The summed E-state index contributed by atoms with van der Waals surface area (Å²) < 4.78 is 6.27. The lowest BCUT2D eigenvalue weighted by Crippen LogP contribution is -2.35. The van der Waals surface area contributed by atoms with Crippen LogP contribution in [0.4, 0.5) is 0 Å². The van der Waals surface area contributed by atoms with E-state index in [-0.39, 0.29) is 0 Å². The lowest BCUT2D eigenvalue weighted by atomic mass is 9.72. The van der Waals surface area contributed by atoms with Crippen LogP contribution in [0.5, 0.6) is 0 Å². The van der Waals surface area contributed by atoms with Gasteiger partial charge in [-0.1, -0.05) is 27.7 Å². The first-order chi connectivity index (χ1) is 9.86. The van der Waals surface area contributed by atoms with Crippen molar-refractivity contribution in [3.8, 4) is 0 Å². The molecule has 1 saturated heterocycles. The first-order valence-electron chi connectivity index (χ1n) is 9.16. The Balaban J connectivity index is 1.65. The molecule has 1 atom stereocenters. The van der Waals surface area contributed by atoms with Gasteiger partial charge in [0.15, 0.2) is 0 Å². The highest BCUT2D eigenvalue weighted by Crippen LogP contribution is 2.38. The Morgan fingerprint density at radius 1 is 1.00 bits per heavy atom. The Kier molecular flexibility index (Phi) is 6.14. The fourth-order valence-corrected chi connectivity index (χ4v) is 4.12. The lowest BCUT2D eigenvalue weighted by Gasteiger charge is -2.38. The standard InChI is InChI=1S/C19H37NO/c1-15(16-10-12-20(5)13-11-16)14-21-18-8-6-17(7-9-18)19(2,3)4/h15-18H,6-14H2,1-5H3. The molecular formula is C19H37NO. The SMILES string of the molecule is CC(COC1CCC(C(C)(C)C)CC1)C1CCN(C)CC1. The molecule has 0 radical (unpaired) electrons. The van der Waals surface area contributed by atoms with E-state index in [1.807, 2.05) is 0 Å². The zero-order valence-electron chi connectivity index (χ0n) is 15.0. The molecule has 0 bridgehead atoms. The summed E-state index contributed by atoms with van der Waals surface area (Å²) in [6.07, 6.45) is 8.53. The van der Waals surface area contributed by atoms with Gasteiger partial charge in [0.1, 0.15) is 0 Å². The van der Waals surface area contributed by atoms with Crippen LogP contribution in [-0.2, 0) is 4.74 Å². The Morgan fingerprint density at radius 3 is 2.10 bits per heavy atom. The van der Waals surface area contributed by atoms with Crippen molar-refractivity contribution in [3.05, 3.63) is 0 Å². The Bertz CT molecular complexity index is 293. The van der Waals surface area contributed by atoms with E-state index in [0.29, 0.717) is 11.5 Å². The van der Waals surface area contributed by atoms with Crippen LogP contribution < -0.4 is 0 Å². The summed E-state index contributed by atoms with van der Waals surface area (Å²) in [7, 11) is 2.24. The van der Waals surface area contributed by atoms with Crippen LogP contribution in [0, 0.1) is 23.2 Å². The van der Waals surface area contributed by atoms with Gasteiger partial charge < -0.3 is 9.64 Å². The fourth-order valence-electron chi connectivity index (χ4n) is 4.12. The van der Waals surface area contributed by atoms with Gasteiger partial charge in [-0.25, -0.2) is 0 Å². The molecule has 1 unspecified atom stereocenters. The fraction of sp³-hybridized carbons (Fsp3) is 1.00. The van der Waals surface area contributed by atoms with Crippen LogP contribution in [0.1, 0.15) is 66.2 Å². The monoisotopic (exact) mass is 295 g/mol. The predicted octanol–water partition coefficient (Wildman–Crippen LogP) is 4.59. The quantitative estimate of drug-likeness (QED) is 0.752. The van der Waals surface area contributed by atoms with Gasteiger partial charge in [-0.05, 0) is 81.8 Å². The molecule has 0 spiro atoms. The third kappa shape index (κ3) is 5.25. The molecule has 0 aromatic carbocycles. The predicted molar refractivity (Wildman–Crippen MR) is 90.5 cm³/mol. The largest absolute Gasteiger partial charge is 0.378 e. The molecule has 21 heavy (non-hydrogen) atoms. The zero-order chi connectivity index (χ0) is 15.5. The van der Waals surface area contributed by atoms with Crippen LogP contribution in [0.3, 0.4) is 0 Å². The van der Waals surface area contributed by atoms with Gasteiger partial charge in [-0.15, -0.1) is 0 Å². The van der Waals surface area contributed by atoms with Crippen LogP contribution in [0.15, 0.2) is 0 Å². The van der Waals surface area contributed by atoms with Crippen molar-refractivity contribution in [1.29, 1.82) is 0 Å². The summed E-state index contributed by atoms with van der Waals surface area (Å²) in [4.78, 5) is 2.46. The third-order valence-corrected chi connectivity index (χ3v) is 6.06. The highest BCUT2D eigenvalue weighted by molar-refractivity contribution is 4.81. The second kappa shape index (κ2) is 7.46. The lowest BCUT2D eigenvalue weighted by molar-refractivity contribution is -0.0225. The molecule has 1 aliphatic heterocycles. The highest BCUT2D eigenvalue weighted by Gasteiger charge is 2.30. The van der Waals surface area contributed by atoms with Gasteiger partial charge in [0.2, 0.25) is 0 Å². The first kappa shape index (κ1) is 17.3. The van der Waals surface area contributed by atoms with Gasteiger partial charge in [0.05, 0.1) is 6.10 Å². The molecular weight excluding hydrogens is 258 g/mol. The van der Waals surface area contributed by atoms with Gasteiger partial charge in [0, 0.05) is 6.61 Å². The van der Waals surface area contributed by atoms with E-state index < -0.39 is 0 Å². The van der Waals surface area contributed by atoms with E-state index in [4.69, 9.17) is 4.74 Å². The van der Waals surface area contributed by atoms with Gasteiger partial charge in [0.25, 0.3) is 0 Å². The van der Waals surface area contributed by atoms with Gasteiger partial charge >= 0.3 is 0 Å². The average Bonchev–Trinajstić information content (AvgIpc) is 2.45. The normalized spacial score (nSPS) is 31.3. The van der Waals surface area contributed by atoms with E-state index in [0.717, 1.165) is 24.4 Å². The smallest absolute Gasteiger partial charge is 0.0575 e. The zero-order valence-corrected chi connectivity index (χ0v) is 15.0. The minimum absolute atomic E-state index is 0.479. The molecule has 2 rings (SSSR count). The number of hydrogen-bond acceptors (Lipinski definition) is 2. The van der Waals surface area contributed by atoms with Crippen molar-refractivity contribution in [2.45, 2.75) is 72.3 Å². The topological polar surface area (TPSA) is 12.5 Å². The molecule has 0 amide bonds. The van der Waals surface area contributed by atoms with Crippen molar-refractivity contribution in [3.63, 3.8) is 0 Å². The molecule has 1 saturated carbocycles. The van der Waals surface area contributed by atoms with E-state index >= 15 is 0 Å². The maximum atomic E-state index is 6.27. The number of piperidine rings is 1. The highest BCUT2D eigenvalue weighted by atomic mass is 16.5. The molecule has 124 valence electrons. The molecule has 1 aliphatic carbocycles. The summed E-state index contributed by atoms with van der Waals surface area (Å²) >= 11 is 0. The molecule has 0 aromatic heterocycles.